The van der Waals surface area contributed by atoms with Gasteiger partial charge in [0, 0.05) is 18.2 Å². The Morgan fingerprint density at radius 1 is 1.38 bits per heavy atom. The lowest BCUT2D eigenvalue weighted by atomic mass is 10.1. The Balaban J connectivity index is 1.33. The largest absolute Gasteiger partial charge is 0.490 e. The van der Waals surface area contributed by atoms with Gasteiger partial charge in [0.2, 0.25) is 11.8 Å². The number of urea groups is 1. The minimum atomic E-state index is -0.635. The standard InChI is InChI=1S/C20H26FN3O4S/c1-13(15-7-8-16(21)17(10-15)28-12-14-5-6-14)23-29-9-3-2-4-19(26)24-11-18(25)22-20(24)27/h7-8,10,13-14,23H,2-6,9,11-12H2,1H3,(H,22,25,27). The van der Waals surface area contributed by atoms with Crippen LogP contribution < -0.4 is 14.8 Å². The quantitative estimate of drug-likeness (QED) is 0.323. The number of amides is 4. The predicted molar refractivity (Wildman–Crippen MR) is 108 cm³/mol. The molecule has 7 nitrogen and oxygen atoms in total. The molecule has 1 aromatic carbocycles. The van der Waals surface area contributed by atoms with Crippen molar-refractivity contribution in [1.82, 2.24) is 14.9 Å². The Bertz CT molecular complexity index is 772. The number of benzene rings is 1. The third-order valence-corrected chi connectivity index (χ3v) is 5.88. The van der Waals surface area contributed by atoms with Crippen molar-refractivity contribution in [2.45, 2.75) is 45.1 Å². The van der Waals surface area contributed by atoms with Crippen LogP contribution in [-0.4, -0.2) is 41.6 Å². The zero-order chi connectivity index (χ0) is 20.8. The molecular formula is C20H26FN3O4S. The van der Waals surface area contributed by atoms with Crippen molar-refractivity contribution in [2.75, 3.05) is 18.9 Å². The molecule has 1 saturated heterocycles. The summed E-state index contributed by atoms with van der Waals surface area (Å²) in [5, 5.41) is 2.09. The molecule has 0 spiro atoms. The number of hydrogen-bond donors (Lipinski definition) is 2. The van der Waals surface area contributed by atoms with Crippen LogP contribution in [0.25, 0.3) is 0 Å². The second-order valence-electron chi connectivity index (χ2n) is 7.42. The summed E-state index contributed by atoms with van der Waals surface area (Å²) in [4.78, 5) is 35.4. The first-order chi connectivity index (χ1) is 13.9. The molecule has 1 aromatic rings. The van der Waals surface area contributed by atoms with Gasteiger partial charge in [-0.3, -0.25) is 24.5 Å². The monoisotopic (exact) mass is 423 g/mol. The fourth-order valence-corrected chi connectivity index (χ4v) is 3.72. The number of ether oxygens (including phenoxy) is 1. The first-order valence-electron chi connectivity index (χ1n) is 9.87. The average Bonchev–Trinajstić information content (AvgIpc) is 3.46. The van der Waals surface area contributed by atoms with E-state index in [9.17, 15) is 18.8 Å². The van der Waals surface area contributed by atoms with Gasteiger partial charge in [0.1, 0.15) is 6.54 Å². The van der Waals surface area contributed by atoms with Gasteiger partial charge in [0.15, 0.2) is 11.6 Å². The van der Waals surface area contributed by atoms with Gasteiger partial charge in [-0.2, -0.15) is 0 Å². The first-order valence-corrected chi connectivity index (χ1v) is 10.9. The molecule has 1 aliphatic heterocycles. The maximum atomic E-state index is 13.9. The van der Waals surface area contributed by atoms with Gasteiger partial charge in [0.25, 0.3) is 0 Å². The molecule has 2 fully saturated rings. The van der Waals surface area contributed by atoms with E-state index in [2.05, 4.69) is 10.0 Å². The highest BCUT2D eigenvalue weighted by atomic mass is 32.2. The summed E-state index contributed by atoms with van der Waals surface area (Å²) in [5.41, 5.74) is 0.949. The highest BCUT2D eigenvalue weighted by Gasteiger charge is 2.31. The smallest absolute Gasteiger partial charge is 0.331 e. The Kier molecular flexibility index (Phi) is 7.49. The molecule has 2 N–H and O–H groups in total. The molecule has 1 saturated carbocycles. The Labute approximate surface area is 173 Å². The van der Waals surface area contributed by atoms with Crippen LogP contribution in [0, 0.1) is 11.7 Å². The number of nitrogens with zero attached hydrogens (tertiary/aromatic N) is 1. The Morgan fingerprint density at radius 2 is 2.17 bits per heavy atom. The molecule has 0 bridgehead atoms. The highest BCUT2D eigenvalue weighted by Crippen LogP contribution is 2.31. The minimum absolute atomic E-state index is 0.0183. The number of carbonyl (C=O) groups excluding carboxylic acids is 3. The van der Waals surface area contributed by atoms with Crippen molar-refractivity contribution in [2.24, 2.45) is 5.92 Å². The van der Waals surface area contributed by atoms with Crippen LogP contribution in [0.4, 0.5) is 9.18 Å². The molecule has 29 heavy (non-hydrogen) atoms. The van der Waals surface area contributed by atoms with E-state index >= 15 is 0 Å². The van der Waals surface area contributed by atoms with E-state index in [0.29, 0.717) is 24.7 Å². The summed E-state index contributed by atoms with van der Waals surface area (Å²) in [6.07, 6.45) is 3.97. The SMILES string of the molecule is CC(NSCCCCC(=O)N1CC(=O)NC1=O)c1ccc(F)c(OCC2CC2)c1. The zero-order valence-corrected chi connectivity index (χ0v) is 17.2. The lowest BCUT2D eigenvalue weighted by Gasteiger charge is -2.15. The second-order valence-corrected chi connectivity index (χ2v) is 8.36. The molecule has 1 aliphatic carbocycles. The summed E-state index contributed by atoms with van der Waals surface area (Å²) in [7, 11) is 0. The van der Waals surface area contributed by atoms with Gasteiger partial charge >= 0.3 is 6.03 Å². The minimum Gasteiger partial charge on any atom is -0.490 e. The highest BCUT2D eigenvalue weighted by molar-refractivity contribution is 7.97. The molecular weight excluding hydrogens is 397 g/mol. The fourth-order valence-electron chi connectivity index (χ4n) is 2.87. The van der Waals surface area contributed by atoms with E-state index in [-0.39, 0.29) is 30.7 Å². The van der Waals surface area contributed by atoms with Crippen LogP contribution in [0.15, 0.2) is 18.2 Å². The molecule has 2 aliphatic rings. The van der Waals surface area contributed by atoms with Crippen LogP contribution in [0.1, 0.15) is 50.6 Å². The molecule has 3 rings (SSSR count). The van der Waals surface area contributed by atoms with E-state index in [0.717, 1.165) is 35.5 Å². The second kappa shape index (κ2) is 10.1. The van der Waals surface area contributed by atoms with E-state index in [4.69, 9.17) is 4.74 Å². The summed E-state index contributed by atoms with van der Waals surface area (Å²) in [5.74, 6) is 0.540. The molecule has 1 atom stereocenters. The summed E-state index contributed by atoms with van der Waals surface area (Å²) >= 11 is 1.54. The van der Waals surface area contributed by atoms with Crippen molar-refractivity contribution in [3.63, 3.8) is 0 Å². The third kappa shape index (κ3) is 6.43. The van der Waals surface area contributed by atoms with Gasteiger partial charge in [0.05, 0.1) is 6.61 Å². The molecule has 158 valence electrons. The number of unbranched alkanes of at least 4 members (excludes halogenated alkanes) is 1. The maximum Gasteiger partial charge on any atom is 0.331 e. The zero-order valence-electron chi connectivity index (χ0n) is 16.4. The van der Waals surface area contributed by atoms with Crippen LogP contribution in [-0.2, 0) is 9.59 Å². The molecule has 1 heterocycles. The summed E-state index contributed by atoms with van der Waals surface area (Å²) in [6, 6.07) is 4.32. The van der Waals surface area contributed by atoms with Crippen molar-refractivity contribution in [1.29, 1.82) is 0 Å². The number of halogens is 1. The molecule has 4 amide bonds. The third-order valence-electron chi connectivity index (χ3n) is 4.87. The van der Waals surface area contributed by atoms with Crippen molar-refractivity contribution < 1.29 is 23.5 Å². The van der Waals surface area contributed by atoms with Gasteiger partial charge in [-0.25, -0.2) is 9.18 Å². The van der Waals surface area contributed by atoms with Crippen molar-refractivity contribution >= 4 is 29.8 Å². The van der Waals surface area contributed by atoms with Gasteiger partial charge in [-0.15, -0.1) is 0 Å². The number of carbonyl (C=O) groups is 3. The van der Waals surface area contributed by atoms with Crippen molar-refractivity contribution in [3.8, 4) is 5.75 Å². The number of imide groups is 2. The van der Waals surface area contributed by atoms with E-state index in [1.807, 2.05) is 6.92 Å². The van der Waals surface area contributed by atoms with Gasteiger partial charge < -0.3 is 4.74 Å². The summed E-state index contributed by atoms with van der Waals surface area (Å²) < 4.78 is 22.8. The Hall–Kier alpha value is -2.13. The van der Waals surface area contributed by atoms with Crippen LogP contribution in [0.5, 0.6) is 5.75 Å². The first kappa shape index (κ1) is 21.6. The predicted octanol–water partition coefficient (Wildman–Crippen LogP) is 3.16. The topological polar surface area (TPSA) is 87.7 Å². The number of rotatable bonds is 11. The number of nitrogens with one attached hydrogen (secondary N) is 2. The lowest BCUT2D eigenvalue weighted by Crippen LogP contribution is -2.33. The normalized spacial score (nSPS) is 17.4. The van der Waals surface area contributed by atoms with Crippen molar-refractivity contribution in [3.05, 3.63) is 29.6 Å². The van der Waals surface area contributed by atoms with Gasteiger partial charge in [-0.1, -0.05) is 18.0 Å². The van der Waals surface area contributed by atoms with E-state index < -0.39 is 11.9 Å². The lowest BCUT2D eigenvalue weighted by molar-refractivity contribution is -0.130. The van der Waals surface area contributed by atoms with Gasteiger partial charge in [-0.05, 0) is 56.2 Å². The molecule has 0 aromatic heterocycles. The molecule has 0 radical (unpaired) electrons. The Morgan fingerprint density at radius 3 is 2.86 bits per heavy atom. The molecule has 1 unspecified atom stereocenters. The number of hydrogen-bond acceptors (Lipinski definition) is 6. The van der Waals surface area contributed by atoms with E-state index in [1.165, 1.54) is 18.0 Å². The maximum absolute atomic E-state index is 13.9. The van der Waals surface area contributed by atoms with Crippen LogP contribution >= 0.6 is 11.9 Å². The molecule has 9 heteroatoms. The average molecular weight is 424 g/mol. The van der Waals surface area contributed by atoms with Crippen LogP contribution in [0.2, 0.25) is 0 Å². The van der Waals surface area contributed by atoms with E-state index in [1.54, 1.807) is 12.1 Å². The summed E-state index contributed by atoms with van der Waals surface area (Å²) in [6.45, 7) is 2.38. The fraction of sp³-hybridized carbons (Fsp3) is 0.550. The van der Waals surface area contributed by atoms with Crippen LogP contribution in [0.3, 0.4) is 0 Å².